The molecule has 6 heteroatoms. The highest BCUT2D eigenvalue weighted by atomic mass is 16.6. The van der Waals surface area contributed by atoms with Crippen molar-refractivity contribution in [3.8, 4) is 0 Å². The summed E-state index contributed by atoms with van der Waals surface area (Å²) in [6.07, 6.45) is 9.76. The van der Waals surface area contributed by atoms with Gasteiger partial charge in [-0.05, 0) is 86.5 Å². The predicted octanol–water partition coefficient (Wildman–Crippen LogP) is 6.94. The van der Waals surface area contributed by atoms with Crippen LogP contribution >= 0.6 is 0 Å². The van der Waals surface area contributed by atoms with E-state index in [1.165, 1.54) is 19.4 Å². The normalized spacial score (nSPS) is 49.7. The number of carbonyl (C=O) groups is 3. The van der Waals surface area contributed by atoms with Crippen LogP contribution < -0.4 is 0 Å². The molecule has 6 fully saturated rings. The van der Waals surface area contributed by atoms with Crippen molar-refractivity contribution < 1.29 is 28.6 Å². The Bertz CT molecular complexity index is 1200. The molecule has 222 valence electrons. The van der Waals surface area contributed by atoms with E-state index >= 15 is 0 Å². The van der Waals surface area contributed by atoms with Gasteiger partial charge in [0.25, 0.3) is 0 Å². The lowest BCUT2D eigenvalue weighted by atomic mass is 9.31. The van der Waals surface area contributed by atoms with Gasteiger partial charge in [0.1, 0.15) is 17.8 Å². The first-order valence-corrected chi connectivity index (χ1v) is 15.7. The van der Waals surface area contributed by atoms with Gasteiger partial charge in [-0.3, -0.25) is 14.4 Å². The SMILES string of the molecule is CC(=O)O[C@H]1CC[C@]2(C)C3=C[C@@H](OC(C)=O)[C@@]4(C)[C@@H]5CC(C)(C)CC[C@]56CC[C@]4(OC6=O)[C@]3(C)CC[C@H]2C1(C)C. The van der Waals surface area contributed by atoms with Gasteiger partial charge in [-0.2, -0.15) is 0 Å². The van der Waals surface area contributed by atoms with E-state index in [0.717, 1.165) is 57.8 Å². The molecule has 40 heavy (non-hydrogen) atoms. The number of hydrogen-bond donors (Lipinski definition) is 0. The molecule has 2 aliphatic heterocycles. The molecule has 0 aromatic heterocycles. The Morgan fingerprint density at radius 2 is 1.48 bits per heavy atom. The van der Waals surface area contributed by atoms with Gasteiger partial charge in [0.05, 0.1) is 10.8 Å². The smallest absolute Gasteiger partial charge is 0.312 e. The molecule has 0 N–H and O–H groups in total. The molecule has 4 saturated carbocycles. The van der Waals surface area contributed by atoms with Crippen LogP contribution in [-0.4, -0.2) is 35.7 Å². The Hall–Kier alpha value is -1.85. The van der Waals surface area contributed by atoms with Crippen LogP contribution in [0.1, 0.15) is 120 Å². The molecule has 2 saturated heterocycles. The van der Waals surface area contributed by atoms with Crippen molar-refractivity contribution >= 4 is 17.9 Å². The van der Waals surface area contributed by atoms with E-state index in [-0.39, 0.29) is 57.5 Å². The van der Waals surface area contributed by atoms with Crippen LogP contribution in [0.5, 0.6) is 0 Å². The molecule has 9 atom stereocenters. The molecule has 2 spiro atoms. The Kier molecular flexibility index (Phi) is 5.77. The zero-order valence-corrected chi connectivity index (χ0v) is 26.2. The Morgan fingerprint density at radius 1 is 0.825 bits per heavy atom. The maximum absolute atomic E-state index is 14.2. The molecule has 6 nitrogen and oxygen atoms in total. The van der Waals surface area contributed by atoms with E-state index in [2.05, 4.69) is 54.5 Å². The van der Waals surface area contributed by atoms with Crippen molar-refractivity contribution in [1.29, 1.82) is 0 Å². The van der Waals surface area contributed by atoms with E-state index < -0.39 is 22.5 Å². The van der Waals surface area contributed by atoms with Crippen LogP contribution in [-0.2, 0) is 28.6 Å². The average Bonchev–Trinajstić information content (AvgIpc) is 2.83. The standard InChI is InChI=1S/C34H50O6/c1-20(35)38-25-11-12-30(7)22(29(25,5)6)10-13-31(8)23(30)18-26(39-21(2)36)32(9)24-19-28(3,4)14-15-33(24)16-17-34(31,32)40-27(33)37/h18,22,24-26H,10-17,19H2,1-9H3/t22-,24-,25-,26+,30-,31+,32+,33-,34-/m0/s1. The predicted molar refractivity (Wildman–Crippen MR) is 151 cm³/mol. The summed E-state index contributed by atoms with van der Waals surface area (Å²) in [7, 11) is 0. The fourth-order valence-corrected chi connectivity index (χ4v) is 11.9. The van der Waals surface area contributed by atoms with E-state index in [0.29, 0.717) is 0 Å². The van der Waals surface area contributed by atoms with Gasteiger partial charge < -0.3 is 14.2 Å². The summed E-state index contributed by atoms with van der Waals surface area (Å²) in [5.74, 6) is -0.132. The number of esters is 3. The number of ether oxygens (including phenoxy) is 3. The summed E-state index contributed by atoms with van der Waals surface area (Å²) in [4.78, 5) is 38.9. The summed E-state index contributed by atoms with van der Waals surface area (Å²) in [5, 5.41) is 0. The second-order valence-electron chi connectivity index (χ2n) is 16.5. The molecule has 0 unspecified atom stereocenters. The molecule has 2 heterocycles. The van der Waals surface area contributed by atoms with Crippen LogP contribution in [0.2, 0.25) is 0 Å². The fourth-order valence-electron chi connectivity index (χ4n) is 11.9. The molecule has 0 aromatic rings. The third-order valence-electron chi connectivity index (χ3n) is 13.8. The fraction of sp³-hybridized carbons (Fsp3) is 0.853. The maximum atomic E-state index is 14.2. The molecule has 2 bridgehead atoms. The first kappa shape index (κ1) is 28.3. The van der Waals surface area contributed by atoms with Crippen molar-refractivity contribution in [2.24, 2.45) is 44.3 Å². The molecule has 7 rings (SSSR count). The highest BCUT2D eigenvalue weighted by Crippen LogP contribution is 2.79. The summed E-state index contributed by atoms with van der Waals surface area (Å²) in [6.45, 7) is 19.2. The number of hydrogen-bond acceptors (Lipinski definition) is 6. The number of fused-ring (bicyclic) bond motifs is 5. The second kappa shape index (κ2) is 8.16. The van der Waals surface area contributed by atoms with Gasteiger partial charge in [-0.1, -0.05) is 54.0 Å². The lowest BCUT2D eigenvalue weighted by Gasteiger charge is -2.77. The van der Waals surface area contributed by atoms with E-state index in [1.807, 2.05) is 0 Å². The van der Waals surface area contributed by atoms with Crippen LogP contribution in [0.4, 0.5) is 0 Å². The lowest BCUT2D eigenvalue weighted by molar-refractivity contribution is -0.330. The van der Waals surface area contributed by atoms with Gasteiger partial charge in [-0.15, -0.1) is 0 Å². The van der Waals surface area contributed by atoms with Gasteiger partial charge in [0.2, 0.25) is 0 Å². The van der Waals surface area contributed by atoms with Crippen molar-refractivity contribution in [2.75, 3.05) is 0 Å². The molecule has 5 aliphatic carbocycles. The Balaban J connectivity index is 1.55. The minimum absolute atomic E-state index is 0.00746. The minimum atomic E-state index is -0.730. The van der Waals surface area contributed by atoms with Crippen molar-refractivity contribution in [1.82, 2.24) is 0 Å². The third-order valence-corrected chi connectivity index (χ3v) is 13.8. The first-order chi connectivity index (χ1) is 18.4. The van der Waals surface area contributed by atoms with Gasteiger partial charge in [0, 0.05) is 24.7 Å². The zero-order valence-electron chi connectivity index (χ0n) is 26.2. The Labute approximate surface area is 240 Å². The maximum Gasteiger partial charge on any atom is 0.312 e. The quantitative estimate of drug-likeness (QED) is 0.209. The van der Waals surface area contributed by atoms with E-state index in [9.17, 15) is 14.4 Å². The molecule has 0 aromatic carbocycles. The summed E-state index contributed by atoms with van der Waals surface area (Å²) < 4.78 is 19.1. The van der Waals surface area contributed by atoms with E-state index in [1.54, 1.807) is 0 Å². The van der Waals surface area contributed by atoms with Gasteiger partial charge >= 0.3 is 17.9 Å². The molecule has 0 radical (unpaired) electrons. The summed E-state index contributed by atoms with van der Waals surface area (Å²) in [6, 6.07) is 0. The summed E-state index contributed by atoms with van der Waals surface area (Å²) >= 11 is 0. The van der Waals surface area contributed by atoms with Crippen molar-refractivity contribution in [3.63, 3.8) is 0 Å². The monoisotopic (exact) mass is 554 g/mol. The number of carbonyl (C=O) groups excluding carboxylic acids is 3. The van der Waals surface area contributed by atoms with Crippen LogP contribution in [0, 0.1) is 44.3 Å². The average molecular weight is 555 g/mol. The molecular weight excluding hydrogens is 504 g/mol. The molecular formula is C34H50O6. The van der Waals surface area contributed by atoms with Crippen LogP contribution in [0.15, 0.2) is 11.6 Å². The lowest BCUT2D eigenvalue weighted by Crippen LogP contribution is -2.80. The molecule has 7 aliphatic rings. The van der Waals surface area contributed by atoms with Crippen molar-refractivity contribution in [2.45, 2.75) is 138 Å². The number of rotatable bonds is 2. The highest BCUT2D eigenvalue weighted by Gasteiger charge is 2.82. The Morgan fingerprint density at radius 3 is 2.10 bits per heavy atom. The van der Waals surface area contributed by atoms with E-state index in [4.69, 9.17) is 14.2 Å². The topological polar surface area (TPSA) is 78.9 Å². The van der Waals surface area contributed by atoms with Gasteiger partial charge in [-0.25, -0.2) is 0 Å². The minimum Gasteiger partial charge on any atom is -0.462 e. The first-order valence-electron chi connectivity index (χ1n) is 15.7. The van der Waals surface area contributed by atoms with Crippen LogP contribution in [0.25, 0.3) is 0 Å². The molecule has 0 amide bonds. The zero-order chi connectivity index (χ0) is 29.3. The largest absolute Gasteiger partial charge is 0.462 e. The third kappa shape index (κ3) is 3.20. The second-order valence-corrected chi connectivity index (χ2v) is 16.5. The van der Waals surface area contributed by atoms with Gasteiger partial charge in [0.15, 0.2) is 0 Å². The summed E-state index contributed by atoms with van der Waals surface area (Å²) in [5.41, 5.74) is -1.08. The highest BCUT2D eigenvalue weighted by molar-refractivity contribution is 5.81. The van der Waals surface area contributed by atoms with Crippen LogP contribution in [0.3, 0.4) is 0 Å². The van der Waals surface area contributed by atoms with Crippen molar-refractivity contribution in [3.05, 3.63) is 11.6 Å².